The van der Waals surface area contributed by atoms with Gasteiger partial charge in [-0.25, -0.2) is 0 Å². The van der Waals surface area contributed by atoms with Crippen LogP contribution in [-0.4, -0.2) is 15.9 Å². The Bertz CT molecular complexity index is 656. The molecule has 1 heterocycles. The van der Waals surface area contributed by atoms with Gasteiger partial charge in [-0.1, -0.05) is 24.3 Å². The number of carbonyl (C=O) groups excluding carboxylic acids is 1. The third-order valence-electron chi connectivity index (χ3n) is 2.63. The Morgan fingerprint density at radius 3 is 2.94 bits per heavy atom. The Morgan fingerprint density at radius 2 is 2.12 bits per heavy atom. The molecule has 1 aromatic carbocycles. The predicted molar refractivity (Wildman–Crippen MR) is 61.2 cm³/mol. The zero-order valence-electron chi connectivity index (χ0n) is 8.40. The Labute approximate surface area is 91.4 Å². The number of aromatic amines is 1. The van der Waals surface area contributed by atoms with E-state index in [1.165, 1.54) is 6.20 Å². The first-order chi connectivity index (χ1) is 7.75. The largest absolute Gasteiger partial charge is 0.364 e. The number of benzene rings is 1. The molecule has 78 valence electrons. The molecule has 1 aliphatic heterocycles. The number of fused-ring (bicyclic) bond motifs is 3. The minimum atomic E-state index is -0.500. The van der Waals surface area contributed by atoms with Gasteiger partial charge in [0, 0.05) is 5.39 Å². The lowest BCUT2D eigenvalue weighted by Gasteiger charge is -2.01. The monoisotopic (exact) mass is 211 g/mol. The molecule has 0 aromatic heterocycles. The lowest BCUT2D eigenvalue weighted by Crippen LogP contribution is -2.13. The molecule has 1 amide bonds. The number of carbonyl (C=O) groups is 1. The summed E-state index contributed by atoms with van der Waals surface area (Å²) < 4.78 is 0. The second-order valence-corrected chi connectivity index (χ2v) is 3.65. The van der Waals surface area contributed by atoms with E-state index >= 15 is 0 Å². The SMILES string of the molecule is NC(=O)c1cnc2c3ccccc3cc-2[nH]1. The summed E-state index contributed by atoms with van der Waals surface area (Å²) in [5, 5.41) is 2.17. The summed E-state index contributed by atoms with van der Waals surface area (Å²) in [5.41, 5.74) is 7.20. The van der Waals surface area contributed by atoms with Crippen molar-refractivity contribution in [2.75, 3.05) is 0 Å². The summed E-state index contributed by atoms with van der Waals surface area (Å²) in [7, 11) is 0. The van der Waals surface area contributed by atoms with Crippen LogP contribution in [0.15, 0.2) is 36.5 Å². The molecule has 16 heavy (non-hydrogen) atoms. The highest BCUT2D eigenvalue weighted by Crippen LogP contribution is 2.30. The third-order valence-corrected chi connectivity index (χ3v) is 2.63. The molecule has 4 heteroatoms. The molecule has 1 aromatic rings. The summed E-state index contributed by atoms with van der Waals surface area (Å²) in [4.78, 5) is 18.2. The van der Waals surface area contributed by atoms with Crippen LogP contribution in [0.3, 0.4) is 0 Å². The van der Waals surface area contributed by atoms with Crippen molar-refractivity contribution in [3.63, 3.8) is 0 Å². The summed E-state index contributed by atoms with van der Waals surface area (Å²) >= 11 is 0. The van der Waals surface area contributed by atoms with Gasteiger partial charge in [0.05, 0.1) is 17.6 Å². The molecule has 3 rings (SSSR count). The van der Waals surface area contributed by atoms with E-state index in [1.807, 2.05) is 30.3 Å². The van der Waals surface area contributed by atoms with E-state index in [-0.39, 0.29) is 0 Å². The van der Waals surface area contributed by atoms with Gasteiger partial charge < -0.3 is 10.7 Å². The topological polar surface area (TPSA) is 71.8 Å². The molecule has 0 fully saturated rings. The first kappa shape index (κ1) is 8.91. The molecule has 1 aliphatic carbocycles. The lowest BCUT2D eigenvalue weighted by atomic mass is 10.2. The van der Waals surface area contributed by atoms with Crippen LogP contribution in [0.25, 0.3) is 22.2 Å². The van der Waals surface area contributed by atoms with E-state index < -0.39 is 5.91 Å². The van der Waals surface area contributed by atoms with Gasteiger partial charge in [-0.15, -0.1) is 0 Å². The van der Waals surface area contributed by atoms with Crippen LogP contribution in [0.4, 0.5) is 0 Å². The number of amides is 1. The van der Waals surface area contributed by atoms with E-state index in [9.17, 15) is 4.79 Å². The van der Waals surface area contributed by atoms with E-state index in [0.717, 1.165) is 22.2 Å². The molecule has 3 N–H and O–H groups in total. The van der Waals surface area contributed by atoms with Crippen LogP contribution in [0.2, 0.25) is 0 Å². The van der Waals surface area contributed by atoms with Gasteiger partial charge in [-0.3, -0.25) is 9.78 Å². The third kappa shape index (κ3) is 1.16. The number of nitrogens with zero attached hydrogens (tertiary/aromatic N) is 1. The van der Waals surface area contributed by atoms with Gasteiger partial charge >= 0.3 is 0 Å². The summed E-state index contributed by atoms with van der Waals surface area (Å²) in [5.74, 6) is -0.500. The average molecular weight is 211 g/mol. The fraction of sp³-hybridized carbons (Fsp3) is 0. The number of rotatable bonds is 1. The first-order valence-electron chi connectivity index (χ1n) is 4.92. The summed E-state index contributed by atoms with van der Waals surface area (Å²) in [6, 6.07) is 9.91. The molecular weight excluding hydrogens is 202 g/mol. The van der Waals surface area contributed by atoms with Crippen LogP contribution in [0, 0.1) is 0 Å². The molecule has 0 saturated heterocycles. The van der Waals surface area contributed by atoms with Crippen molar-refractivity contribution in [3.05, 3.63) is 42.2 Å². The number of hydrogen-bond donors (Lipinski definition) is 2. The van der Waals surface area contributed by atoms with Crippen LogP contribution in [0.1, 0.15) is 10.5 Å². The fourth-order valence-electron chi connectivity index (χ4n) is 1.87. The number of nitrogens with two attached hydrogens (primary N) is 1. The van der Waals surface area contributed by atoms with Crippen molar-refractivity contribution in [3.8, 4) is 11.4 Å². The van der Waals surface area contributed by atoms with Crippen LogP contribution in [0.5, 0.6) is 0 Å². The maximum Gasteiger partial charge on any atom is 0.266 e. The summed E-state index contributed by atoms with van der Waals surface area (Å²) in [6.45, 7) is 0. The number of nitrogens with one attached hydrogen (secondary N) is 1. The minimum Gasteiger partial charge on any atom is -0.364 e. The Morgan fingerprint density at radius 1 is 1.31 bits per heavy atom. The standard InChI is InChI=1S/C12H9N3O/c13-12(16)10-6-14-11-8-4-2-1-3-7(8)5-9(11)15-10/h1-6,15H,(H2,13,16). The zero-order chi connectivity index (χ0) is 11.1. The Balaban J connectivity index is 2.37. The average Bonchev–Trinajstić information content (AvgIpc) is 2.66. The number of hydrogen-bond acceptors (Lipinski definition) is 2. The van der Waals surface area contributed by atoms with Gasteiger partial charge in [0.2, 0.25) is 0 Å². The zero-order valence-corrected chi connectivity index (χ0v) is 8.40. The van der Waals surface area contributed by atoms with Crippen LogP contribution >= 0.6 is 0 Å². The quantitative estimate of drug-likeness (QED) is 0.643. The maximum atomic E-state index is 11.0. The molecule has 4 nitrogen and oxygen atoms in total. The predicted octanol–water partition coefficient (Wildman–Crippen LogP) is 1.77. The van der Waals surface area contributed by atoms with Crippen LogP contribution < -0.4 is 5.73 Å². The lowest BCUT2D eigenvalue weighted by molar-refractivity contribution is 0.0995. The van der Waals surface area contributed by atoms with Gasteiger partial charge in [-0.05, 0) is 11.5 Å². The number of H-pyrrole nitrogens is 1. The maximum absolute atomic E-state index is 11.0. The molecule has 0 spiro atoms. The van der Waals surface area contributed by atoms with E-state index in [2.05, 4.69) is 9.97 Å². The van der Waals surface area contributed by atoms with Crippen molar-refractivity contribution in [1.82, 2.24) is 9.97 Å². The first-order valence-corrected chi connectivity index (χ1v) is 4.92. The summed E-state index contributed by atoms with van der Waals surface area (Å²) in [6.07, 6.45) is 1.47. The molecule has 0 saturated carbocycles. The number of primary amides is 1. The van der Waals surface area contributed by atoms with Gasteiger partial charge in [-0.2, -0.15) is 0 Å². The second-order valence-electron chi connectivity index (χ2n) is 3.65. The van der Waals surface area contributed by atoms with Crippen molar-refractivity contribution >= 4 is 16.7 Å². The van der Waals surface area contributed by atoms with Gasteiger partial charge in [0.1, 0.15) is 5.69 Å². The van der Waals surface area contributed by atoms with Crippen molar-refractivity contribution in [2.24, 2.45) is 5.73 Å². The minimum absolute atomic E-state index is 0.322. The molecule has 0 unspecified atom stereocenters. The molecular formula is C12H9N3O. The Hall–Kier alpha value is -2.36. The molecule has 0 radical (unpaired) electrons. The molecule has 0 bridgehead atoms. The van der Waals surface area contributed by atoms with Crippen molar-refractivity contribution in [1.29, 1.82) is 0 Å². The molecule has 2 aliphatic rings. The van der Waals surface area contributed by atoms with Crippen molar-refractivity contribution in [2.45, 2.75) is 0 Å². The normalized spacial score (nSPS) is 11.0. The Kier molecular flexibility index (Phi) is 1.71. The van der Waals surface area contributed by atoms with E-state index in [0.29, 0.717) is 5.69 Å². The van der Waals surface area contributed by atoms with E-state index in [4.69, 9.17) is 5.73 Å². The van der Waals surface area contributed by atoms with Crippen molar-refractivity contribution < 1.29 is 4.79 Å². The number of aromatic nitrogens is 2. The smallest absolute Gasteiger partial charge is 0.266 e. The highest BCUT2D eigenvalue weighted by Gasteiger charge is 2.13. The van der Waals surface area contributed by atoms with Gasteiger partial charge in [0.15, 0.2) is 0 Å². The highest BCUT2D eigenvalue weighted by molar-refractivity contribution is 6.00. The fourth-order valence-corrected chi connectivity index (χ4v) is 1.87. The van der Waals surface area contributed by atoms with Crippen LogP contribution in [-0.2, 0) is 0 Å². The highest BCUT2D eigenvalue weighted by atomic mass is 16.1. The molecule has 0 atom stereocenters. The van der Waals surface area contributed by atoms with E-state index in [1.54, 1.807) is 0 Å². The van der Waals surface area contributed by atoms with Gasteiger partial charge in [0.25, 0.3) is 5.91 Å². The second kappa shape index (κ2) is 3.06.